The number of fused-ring (bicyclic) bond motifs is 5. The highest BCUT2D eigenvalue weighted by atomic mass is 14.7. The van der Waals surface area contributed by atoms with Crippen LogP contribution in [0.2, 0.25) is 0 Å². The van der Waals surface area contributed by atoms with Gasteiger partial charge >= 0.3 is 0 Å². The molecule has 1 aromatic heterocycles. The molecule has 0 unspecified atom stereocenters. The first-order valence-corrected chi connectivity index (χ1v) is 11.1. The van der Waals surface area contributed by atoms with Crippen molar-refractivity contribution in [3.8, 4) is 11.3 Å². The van der Waals surface area contributed by atoms with Crippen LogP contribution in [0.25, 0.3) is 43.6 Å². The van der Waals surface area contributed by atoms with Crippen molar-refractivity contribution in [3.63, 3.8) is 0 Å². The molecule has 5 rings (SSSR count). The molecule has 0 spiro atoms. The normalized spacial score (nSPS) is 12.2. The Bertz CT molecular complexity index is 1460. The molecule has 0 aliphatic carbocycles. The number of pyridine rings is 1. The van der Waals surface area contributed by atoms with Gasteiger partial charge in [0.2, 0.25) is 0 Å². The van der Waals surface area contributed by atoms with Gasteiger partial charge in [0, 0.05) is 17.1 Å². The summed E-state index contributed by atoms with van der Waals surface area (Å²) in [6.07, 6.45) is 1.94. The van der Waals surface area contributed by atoms with E-state index in [2.05, 4.69) is 102 Å². The average molecular weight is 404 g/mol. The van der Waals surface area contributed by atoms with Crippen LogP contribution in [0.1, 0.15) is 43.0 Å². The number of benzene rings is 4. The van der Waals surface area contributed by atoms with Crippen molar-refractivity contribution in [2.75, 3.05) is 0 Å². The van der Waals surface area contributed by atoms with Crippen LogP contribution in [0.15, 0.2) is 66.9 Å². The van der Waals surface area contributed by atoms with Gasteiger partial charge in [0.1, 0.15) is 0 Å². The number of hydrogen-bond acceptors (Lipinski definition) is 1. The van der Waals surface area contributed by atoms with Crippen LogP contribution in [0, 0.1) is 20.8 Å². The molecule has 1 nitrogen and oxygen atoms in total. The highest BCUT2D eigenvalue weighted by Crippen LogP contribution is 2.39. The second-order valence-electron chi connectivity index (χ2n) is 10.0. The predicted molar refractivity (Wildman–Crippen MR) is 135 cm³/mol. The van der Waals surface area contributed by atoms with Crippen molar-refractivity contribution < 1.29 is 0 Å². The summed E-state index contributed by atoms with van der Waals surface area (Å²) < 4.78 is 0. The maximum atomic E-state index is 4.87. The molecule has 0 atom stereocenters. The summed E-state index contributed by atoms with van der Waals surface area (Å²) in [5.74, 6) is 0. The number of hydrogen-bond donors (Lipinski definition) is 0. The lowest BCUT2D eigenvalue weighted by atomic mass is 9.84. The first-order chi connectivity index (χ1) is 14.7. The smallest absolute Gasteiger partial charge is 0.0786 e. The second kappa shape index (κ2) is 6.92. The van der Waals surface area contributed by atoms with E-state index in [1.807, 2.05) is 6.20 Å². The second-order valence-corrected chi connectivity index (χ2v) is 10.0. The molecule has 1 heterocycles. The summed E-state index contributed by atoms with van der Waals surface area (Å²) in [5.41, 5.74) is 7.62. The van der Waals surface area contributed by atoms with E-state index in [9.17, 15) is 0 Å². The highest BCUT2D eigenvalue weighted by molar-refractivity contribution is 6.21. The van der Waals surface area contributed by atoms with Crippen molar-refractivity contribution in [3.05, 3.63) is 89.1 Å². The van der Waals surface area contributed by atoms with Crippen molar-refractivity contribution >= 4 is 32.3 Å². The van der Waals surface area contributed by atoms with Crippen LogP contribution in [-0.4, -0.2) is 4.98 Å². The van der Waals surface area contributed by atoms with Gasteiger partial charge in [-0.1, -0.05) is 74.4 Å². The van der Waals surface area contributed by atoms with E-state index in [-0.39, 0.29) is 5.41 Å². The van der Waals surface area contributed by atoms with Crippen molar-refractivity contribution in [2.24, 2.45) is 0 Å². The lowest BCUT2D eigenvalue weighted by molar-refractivity contribution is 0.591. The largest absolute Gasteiger partial charge is 0.256 e. The van der Waals surface area contributed by atoms with E-state index in [1.54, 1.807) is 0 Å². The average Bonchev–Trinajstić information content (AvgIpc) is 2.71. The summed E-state index contributed by atoms with van der Waals surface area (Å²) in [7, 11) is 0. The van der Waals surface area contributed by atoms with E-state index in [0.29, 0.717) is 0 Å². The Morgan fingerprint density at radius 1 is 0.645 bits per heavy atom. The lowest BCUT2D eigenvalue weighted by Crippen LogP contribution is -2.10. The molecule has 0 N–H and O–H groups in total. The molecule has 5 aromatic rings. The summed E-state index contributed by atoms with van der Waals surface area (Å²) in [5, 5.41) is 7.74. The van der Waals surface area contributed by atoms with Crippen molar-refractivity contribution in [1.29, 1.82) is 0 Å². The van der Waals surface area contributed by atoms with Crippen molar-refractivity contribution in [1.82, 2.24) is 4.98 Å². The summed E-state index contributed by atoms with van der Waals surface area (Å²) in [6.45, 7) is 13.4. The van der Waals surface area contributed by atoms with Gasteiger partial charge < -0.3 is 0 Å². The highest BCUT2D eigenvalue weighted by Gasteiger charge is 2.17. The summed E-state index contributed by atoms with van der Waals surface area (Å²) in [4.78, 5) is 4.87. The van der Waals surface area contributed by atoms with Gasteiger partial charge in [0.05, 0.1) is 5.69 Å². The van der Waals surface area contributed by atoms with Crippen molar-refractivity contribution in [2.45, 2.75) is 47.0 Å². The van der Waals surface area contributed by atoms with Crippen LogP contribution in [0.3, 0.4) is 0 Å². The topological polar surface area (TPSA) is 12.9 Å². The maximum Gasteiger partial charge on any atom is 0.0786 e. The van der Waals surface area contributed by atoms with E-state index >= 15 is 0 Å². The van der Waals surface area contributed by atoms with Gasteiger partial charge in [-0.15, -0.1) is 0 Å². The van der Waals surface area contributed by atoms with E-state index in [0.717, 1.165) is 5.69 Å². The Kier molecular flexibility index (Phi) is 4.41. The fraction of sp³-hybridized carbons (Fsp3) is 0.233. The maximum absolute atomic E-state index is 4.87. The zero-order chi connectivity index (χ0) is 21.9. The lowest BCUT2D eigenvalue weighted by Gasteiger charge is -2.20. The summed E-state index contributed by atoms with van der Waals surface area (Å²) >= 11 is 0. The molecule has 0 saturated heterocycles. The number of nitrogens with zero attached hydrogens (tertiary/aromatic N) is 1. The third-order valence-electron chi connectivity index (χ3n) is 6.40. The molecule has 0 aliphatic heterocycles. The molecule has 0 bridgehead atoms. The molecule has 154 valence electrons. The third kappa shape index (κ3) is 3.29. The predicted octanol–water partition coefficient (Wildman–Crippen LogP) is 8.43. The Morgan fingerprint density at radius 2 is 1.35 bits per heavy atom. The minimum absolute atomic E-state index is 0.141. The van der Waals surface area contributed by atoms with Gasteiger partial charge in [-0.3, -0.25) is 4.98 Å². The first kappa shape index (κ1) is 19.8. The molecule has 0 amide bonds. The van der Waals surface area contributed by atoms with Crippen LogP contribution >= 0.6 is 0 Å². The SMILES string of the molecule is Cc1cc(C)cc(-c2nccc3cc(C)c4c5ccc(C(C)(C)C)cc5ccc4c23)c1. The molecule has 0 fully saturated rings. The Hall–Kier alpha value is -3.19. The zero-order valence-electron chi connectivity index (χ0n) is 19.3. The van der Waals surface area contributed by atoms with E-state index in [4.69, 9.17) is 4.98 Å². The monoisotopic (exact) mass is 403 g/mol. The Morgan fingerprint density at radius 3 is 2.06 bits per heavy atom. The molecular weight excluding hydrogens is 374 g/mol. The van der Waals surface area contributed by atoms with Gasteiger partial charge in [0.25, 0.3) is 0 Å². The Labute approximate surface area is 184 Å². The zero-order valence-corrected chi connectivity index (χ0v) is 19.3. The van der Waals surface area contributed by atoms with Crippen LogP contribution < -0.4 is 0 Å². The third-order valence-corrected chi connectivity index (χ3v) is 6.40. The number of aromatic nitrogens is 1. The molecule has 4 aromatic carbocycles. The summed E-state index contributed by atoms with van der Waals surface area (Å²) in [6, 6.07) is 22.7. The standard InChI is InChI=1S/C30H29N/c1-18-13-19(2)15-23(14-18)29-28-22(11-12-31-29)16-20(3)27-25-10-8-24(30(4,5)6)17-21(25)7-9-26(27)28/h7-17H,1-6H3. The van der Waals surface area contributed by atoms with Crippen LogP contribution in [-0.2, 0) is 5.41 Å². The van der Waals surface area contributed by atoms with Crippen LogP contribution in [0.5, 0.6) is 0 Å². The number of rotatable bonds is 1. The Balaban J connectivity index is 1.90. The number of aryl methyl sites for hydroxylation is 3. The molecule has 1 heteroatoms. The van der Waals surface area contributed by atoms with Gasteiger partial charge in [-0.05, 0) is 82.4 Å². The fourth-order valence-electron chi connectivity index (χ4n) is 4.95. The molecule has 0 aliphatic rings. The van der Waals surface area contributed by atoms with Crippen LogP contribution in [0.4, 0.5) is 0 Å². The first-order valence-electron chi connectivity index (χ1n) is 11.1. The van der Waals surface area contributed by atoms with E-state index in [1.165, 1.54) is 60.1 Å². The minimum atomic E-state index is 0.141. The molecule has 31 heavy (non-hydrogen) atoms. The molecular formula is C30H29N. The minimum Gasteiger partial charge on any atom is -0.256 e. The molecule has 0 radical (unpaired) electrons. The van der Waals surface area contributed by atoms with Gasteiger partial charge in [-0.25, -0.2) is 0 Å². The van der Waals surface area contributed by atoms with Gasteiger partial charge in [-0.2, -0.15) is 0 Å². The fourth-order valence-corrected chi connectivity index (χ4v) is 4.95. The quantitative estimate of drug-likeness (QED) is 0.256. The van der Waals surface area contributed by atoms with E-state index < -0.39 is 0 Å². The van der Waals surface area contributed by atoms with Gasteiger partial charge in [0.15, 0.2) is 0 Å². The molecule has 0 saturated carbocycles.